The molecule has 3 unspecified atom stereocenters. The van der Waals surface area contributed by atoms with E-state index in [-0.39, 0.29) is 29.7 Å². The molecule has 1 saturated carbocycles. The van der Waals surface area contributed by atoms with Gasteiger partial charge in [-0.15, -0.1) is 0 Å². The molecule has 2 amide bonds. The van der Waals surface area contributed by atoms with Crippen LogP contribution >= 0.6 is 0 Å². The number of amides is 2. The smallest absolute Gasteiger partial charge is 0.237 e. The quantitative estimate of drug-likeness (QED) is 0.775. The van der Waals surface area contributed by atoms with Crippen LogP contribution in [-0.4, -0.2) is 22.4 Å². The molecular weight excluding hydrogens is 340 g/mol. The summed E-state index contributed by atoms with van der Waals surface area (Å²) in [5, 5.41) is 4.14. The van der Waals surface area contributed by atoms with Crippen LogP contribution in [0.25, 0.3) is 10.9 Å². The summed E-state index contributed by atoms with van der Waals surface area (Å²) < 4.78 is 2.20. The van der Waals surface area contributed by atoms with E-state index >= 15 is 0 Å². The van der Waals surface area contributed by atoms with Crippen LogP contribution in [0.3, 0.4) is 0 Å². The maximum atomic E-state index is 12.8. The summed E-state index contributed by atoms with van der Waals surface area (Å²) in [7, 11) is 0. The Hall–Kier alpha value is -2.34. The molecule has 2 aliphatic rings. The van der Waals surface area contributed by atoms with Crippen LogP contribution in [0.2, 0.25) is 0 Å². The van der Waals surface area contributed by atoms with Crippen molar-refractivity contribution in [2.75, 3.05) is 5.32 Å². The summed E-state index contributed by atoms with van der Waals surface area (Å²) in [5.41, 5.74) is 7.82. The molecule has 1 saturated heterocycles. The number of anilines is 1. The van der Waals surface area contributed by atoms with Gasteiger partial charge in [0.2, 0.25) is 11.8 Å². The summed E-state index contributed by atoms with van der Waals surface area (Å²) in [6.07, 6.45) is 6.60. The Bertz CT molecular complexity index is 857. The van der Waals surface area contributed by atoms with Gasteiger partial charge in [-0.05, 0) is 50.8 Å². The van der Waals surface area contributed by atoms with E-state index in [4.69, 9.17) is 0 Å². The second-order valence-electron chi connectivity index (χ2n) is 8.10. The highest BCUT2D eigenvalue weighted by molar-refractivity contribution is 6.01. The van der Waals surface area contributed by atoms with Crippen molar-refractivity contribution in [1.82, 2.24) is 15.4 Å². The number of hydrogen-bond donors (Lipinski definition) is 3. The number of carbonyl (C=O) groups is 2. The minimum Gasteiger partial charge on any atom is -0.345 e. The maximum Gasteiger partial charge on any atom is 0.237 e. The van der Waals surface area contributed by atoms with Crippen LogP contribution in [-0.2, 0) is 9.59 Å². The summed E-state index contributed by atoms with van der Waals surface area (Å²) in [6.45, 7) is 4.29. The summed E-state index contributed by atoms with van der Waals surface area (Å²) in [4.78, 5) is 24.8. The van der Waals surface area contributed by atoms with E-state index in [2.05, 4.69) is 52.9 Å². The second kappa shape index (κ2) is 7.35. The van der Waals surface area contributed by atoms with Gasteiger partial charge in [0.05, 0.1) is 11.2 Å². The van der Waals surface area contributed by atoms with Gasteiger partial charge < -0.3 is 9.88 Å². The number of carbonyl (C=O) groups excluding carboxylic acids is 2. The average molecular weight is 368 g/mol. The van der Waals surface area contributed by atoms with Crippen LogP contribution in [0.4, 0.5) is 5.69 Å². The predicted molar refractivity (Wildman–Crippen MR) is 106 cm³/mol. The van der Waals surface area contributed by atoms with Crippen molar-refractivity contribution in [3.8, 4) is 0 Å². The summed E-state index contributed by atoms with van der Waals surface area (Å²) >= 11 is 0. The normalized spacial score (nSPS) is 25.3. The van der Waals surface area contributed by atoms with Crippen molar-refractivity contribution in [1.29, 1.82) is 0 Å². The SMILES string of the molecule is CC(C)n1ccc2c(NC(=O)CC3NNC(=O)C4CCCCC34)cccc21. The molecule has 3 atom stereocenters. The number of nitrogens with zero attached hydrogens (tertiary/aromatic N) is 1. The van der Waals surface area contributed by atoms with Gasteiger partial charge in [-0.2, -0.15) is 0 Å². The van der Waals surface area contributed by atoms with Gasteiger partial charge in [-0.1, -0.05) is 18.9 Å². The molecule has 1 aromatic heterocycles. The Balaban J connectivity index is 1.48. The van der Waals surface area contributed by atoms with Crippen LogP contribution in [0.15, 0.2) is 30.5 Å². The first-order valence-electron chi connectivity index (χ1n) is 9.99. The van der Waals surface area contributed by atoms with E-state index < -0.39 is 0 Å². The molecule has 2 aromatic rings. The third kappa shape index (κ3) is 3.46. The molecule has 3 N–H and O–H groups in total. The van der Waals surface area contributed by atoms with Crippen molar-refractivity contribution < 1.29 is 9.59 Å². The van der Waals surface area contributed by atoms with Gasteiger partial charge in [-0.25, -0.2) is 5.43 Å². The molecule has 6 heteroatoms. The Morgan fingerprint density at radius 1 is 1.26 bits per heavy atom. The first-order valence-corrected chi connectivity index (χ1v) is 9.99. The number of hydrazine groups is 1. The van der Waals surface area contributed by atoms with E-state index in [9.17, 15) is 9.59 Å². The molecule has 0 radical (unpaired) electrons. The standard InChI is InChI=1S/C21H28N4O2/c1-13(2)25-11-10-16-17(8-5-9-19(16)25)22-20(26)12-18-14-6-3-4-7-15(14)21(27)24-23-18/h5,8-11,13-15,18,23H,3-4,6-7,12H2,1-2H3,(H,22,26)(H,24,27). The molecule has 1 aliphatic carbocycles. The molecule has 2 heterocycles. The molecule has 144 valence electrons. The summed E-state index contributed by atoms with van der Waals surface area (Å²) in [5.74, 6) is 0.353. The Kier molecular flexibility index (Phi) is 4.91. The fourth-order valence-corrected chi connectivity index (χ4v) is 4.68. The number of rotatable bonds is 4. The van der Waals surface area contributed by atoms with Gasteiger partial charge in [0.1, 0.15) is 0 Å². The molecule has 4 rings (SSSR count). The lowest BCUT2D eigenvalue weighted by Gasteiger charge is -2.40. The largest absolute Gasteiger partial charge is 0.345 e. The van der Waals surface area contributed by atoms with Crippen molar-refractivity contribution in [3.63, 3.8) is 0 Å². The lowest BCUT2D eigenvalue weighted by molar-refractivity contribution is -0.134. The molecular formula is C21H28N4O2. The number of nitrogens with one attached hydrogen (secondary N) is 3. The number of hydrogen-bond acceptors (Lipinski definition) is 3. The van der Waals surface area contributed by atoms with E-state index in [0.717, 1.165) is 42.3 Å². The van der Waals surface area contributed by atoms with Gasteiger partial charge in [-0.3, -0.25) is 15.0 Å². The minimum atomic E-state index is -0.0160. The highest BCUT2D eigenvalue weighted by Gasteiger charge is 2.40. The zero-order valence-corrected chi connectivity index (χ0v) is 16.0. The Morgan fingerprint density at radius 3 is 2.89 bits per heavy atom. The zero-order chi connectivity index (χ0) is 19.0. The van der Waals surface area contributed by atoms with Crippen LogP contribution in [0, 0.1) is 11.8 Å². The predicted octanol–water partition coefficient (Wildman–Crippen LogP) is 3.36. The lowest BCUT2D eigenvalue weighted by Crippen LogP contribution is -2.60. The number of fused-ring (bicyclic) bond motifs is 2. The highest BCUT2D eigenvalue weighted by Crippen LogP contribution is 2.35. The molecule has 6 nitrogen and oxygen atoms in total. The average Bonchev–Trinajstić information content (AvgIpc) is 3.10. The number of aromatic nitrogens is 1. The third-order valence-electron chi connectivity index (χ3n) is 6.05. The van der Waals surface area contributed by atoms with E-state index in [0.29, 0.717) is 12.5 Å². The van der Waals surface area contributed by atoms with E-state index in [1.54, 1.807) is 0 Å². The summed E-state index contributed by atoms with van der Waals surface area (Å²) in [6, 6.07) is 8.42. The van der Waals surface area contributed by atoms with Crippen molar-refractivity contribution in [3.05, 3.63) is 30.5 Å². The molecule has 0 bridgehead atoms. The first-order chi connectivity index (χ1) is 13.0. The fourth-order valence-electron chi connectivity index (χ4n) is 4.68. The monoisotopic (exact) mass is 368 g/mol. The van der Waals surface area contributed by atoms with E-state index in [1.807, 2.05) is 12.1 Å². The van der Waals surface area contributed by atoms with Gasteiger partial charge in [0.15, 0.2) is 0 Å². The van der Waals surface area contributed by atoms with Crippen LogP contribution in [0.5, 0.6) is 0 Å². The molecule has 0 spiro atoms. The minimum absolute atomic E-state index is 0.00698. The first kappa shape index (κ1) is 18.0. The topological polar surface area (TPSA) is 75.2 Å². The van der Waals surface area contributed by atoms with Gasteiger partial charge in [0.25, 0.3) is 0 Å². The Morgan fingerprint density at radius 2 is 2.07 bits per heavy atom. The second-order valence-corrected chi connectivity index (χ2v) is 8.10. The molecule has 2 fully saturated rings. The van der Waals surface area contributed by atoms with Gasteiger partial charge in [0, 0.05) is 36.0 Å². The third-order valence-corrected chi connectivity index (χ3v) is 6.05. The van der Waals surface area contributed by atoms with Crippen molar-refractivity contribution in [2.24, 2.45) is 11.8 Å². The van der Waals surface area contributed by atoms with Crippen molar-refractivity contribution in [2.45, 2.75) is 58.0 Å². The fraction of sp³-hybridized carbons (Fsp3) is 0.524. The van der Waals surface area contributed by atoms with Gasteiger partial charge >= 0.3 is 0 Å². The van der Waals surface area contributed by atoms with Crippen LogP contribution in [0.1, 0.15) is 52.0 Å². The number of benzene rings is 1. The highest BCUT2D eigenvalue weighted by atomic mass is 16.2. The maximum absolute atomic E-state index is 12.8. The van der Waals surface area contributed by atoms with E-state index in [1.165, 1.54) is 0 Å². The van der Waals surface area contributed by atoms with Crippen LogP contribution < -0.4 is 16.2 Å². The van der Waals surface area contributed by atoms with Crippen molar-refractivity contribution >= 4 is 28.4 Å². The molecule has 1 aromatic carbocycles. The molecule has 1 aliphatic heterocycles. The zero-order valence-electron chi connectivity index (χ0n) is 16.0. The molecule has 27 heavy (non-hydrogen) atoms. The lowest BCUT2D eigenvalue weighted by atomic mass is 9.73. The Labute approximate surface area is 159 Å².